The van der Waals surface area contributed by atoms with Crippen LogP contribution in [0.4, 0.5) is 22.0 Å². The van der Waals surface area contributed by atoms with Gasteiger partial charge in [0, 0.05) is 5.88 Å². The van der Waals surface area contributed by atoms with Crippen molar-refractivity contribution in [2.24, 2.45) is 0 Å². The largest absolute Gasteiger partial charge is 0.438 e. The highest BCUT2D eigenvalue weighted by Crippen LogP contribution is 2.50. The van der Waals surface area contributed by atoms with Crippen molar-refractivity contribution in [3.63, 3.8) is 0 Å². The molecule has 2 unspecified atom stereocenters. The quantitative estimate of drug-likeness (QED) is 0.235. The van der Waals surface area contributed by atoms with Crippen LogP contribution in [0.3, 0.4) is 0 Å². The molecule has 0 aliphatic rings. The van der Waals surface area contributed by atoms with Gasteiger partial charge in [-0.05, 0) is 23.2 Å². The first kappa shape index (κ1) is 29.7. The van der Waals surface area contributed by atoms with E-state index in [2.05, 4.69) is 27.9 Å². The van der Waals surface area contributed by atoms with Gasteiger partial charge < -0.3 is 4.74 Å². The number of rotatable bonds is 6. The zero-order chi connectivity index (χ0) is 20.9. The smallest absolute Gasteiger partial charge is 0.357 e. The van der Waals surface area contributed by atoms with Gasteiger partial charge in [0.05, 0.1) is 6.61 Å². The molecule has 17 heteroatoms. The third-order valence-corrected chi connectivity index (χ3v) is 4.65. The van der Waals surface area contributed by atoms with E-state index in [1.165, 1.54) is 0 Å². The fourth-order valence-electron chi connectivity index (χ4n) is 0.519. The van der Waals surface area contributed by atoms with E-state index in [0.29, 0.717) is 5.88 Å². The van der Waals surface area contributed by atoms with Gasteiger partial charge in [-0.25, -0.2) is 0 Å². The number of hydrogen-bond donors (Lipinski definition) is 0. The number of halogens is 15. The van der Waals surface area contributed by atoms with E-state index >= 15 is 0 Å². The van der Waals surface area contributed by atoms with Gasteiger partial charge >= 0.3 is 16.8 Å². The summed E-state index contributed by atoms with van der Waals surface area (Å²) < 4.78 is 64.3. The Bertz CT molecular complexity index is 370. The molecule has 0 aliphatic carbocycles. The van der Waals surface area contributed by atoms with Crippen LogP contribution in [0.2, 0.25) is 0 Å². The van der Waals surface area contributed by atoms with Gasteiger partial charge in [-0.1, -0.05) is 81.2 Å². The van der Waals surface area contributed by atoms with Crippen molar-refractivity contribution >= 4 is 116 Å². The highest BCUT2D eigenvalue weighted by atomic mass is 35.6. The average Bonchev–Trinajstić information content (AvgIpc) is 2.31. The summed E-state index contributed by atoms with van der Waals surface area (Å²) in [5.41, 5.74) is -0.948. The van der Waals surface area contributed by atoms with E-state index in [0.717, 1.165) is 0 Å². The summed E-state index contributed by atoms with van der Waals surface area (Å²) in [5, 5.41) is -9.38. The second kappa shape index (κ2) is 11.0. The van der Waals surface area contributed by atoms with Crippen LogP contribution in [-0.2, 0) is 9.47 Å². The van der Waals surface area contributed by atoms with Gasteiger partial charge in [0.1, 0.15) is 0 Å². The molecule has 0 aromatic rings. The van der Waals surface area contributed by atoms with E-state index in [9.17, 15) is 22.0 Å². The molecule has 25 heavy (non-hydrogen) atoms. The van der Waals surface area contributed by atoms with Crippen LogP contribution in [0.25, 0.3) is 0 Å². The molecule has 0 saturated carbocycles. The minimum Gasteiger partial charge on any atom is -0.357 e. The Morgan fingerprint density at radius 1 is 0.800 bits per heavy atom. The molecule has 0 spiro atoms. The topological polar surface area (TPSA) is 18.5 Å². The Morgan fingerprint density at radius 3 is 1.44 bits per heavy atom. The van der Waals surface area contributed by atoms with Crippen LogP contribution in [0.1, 0.15) is 0 Å². The van der Waals surface area contributed by atoms with Crippen LogP contribution in [-0.4, -0.2) is 42.4 Å². The monoisotopic (exact) mass is 578 g/mol. The van der Waals surface area contributed by atoms with Crippen LogP contribution in [0.15, 0.2) is 0 Å². The molecule has 0 rings (SSSR count). The first-order chi connectivity index (χ1) is 10.7. The lowest BCUT2D eigenvalue weighted by Crippen LogP contribution is -2.48. The minimum atomic E-state index is -5.45. The van der Waals surface area contributed by atoms with Gasteiger partial charge in [-0.3, -0.25) is 4.74 Å². The Kier molecular flexibility index (Phi) is 13.1. The van der Waals surface area contributed by atoms with Crippen molar-refractivity contribution in [1.29, 1.82) is 0 Å². The Balaban J connectivity index is 0. The zero-order valence-electron chi connectivity index (χ0n) is 11.0. The van der Waals surface area contributed by atoms with Crippen LogP contribution < -0.4 is 0 Å². The predicted octanol–water partition coefficient (Wildman–Crippen LogP) is 7.84. The highest BCUT2D eigenvalue weighted by molar-refractivity contribution is 6.70. The predicted molar refractivity (Wildman–Crippen MR) is 93.4 cm³/mol. The SMILES string of the molecule is ClCCOC(Cl)C(Cl)(Cl)Cl.FC(F)(Cl)C(F)(F)OC(F)(Cl)C(Cl)(Cl)Cl. The van der Waals surface area contributed by atoms with Crippen molar-refractivity contribution in [3.8, 4) is 0 Å². The third kappa shape index (κ3) is 11.9. The van der Waals surface area contributed by atoms with Crippen molar-refractivity contribution in [3.05, 3.63) is 0 Å². The molecule has 0 saturated heterocycles. The van der Waals surface area contributed by atoms with E-state index in [1.54, 1.807) is 0 Å². The normalized spacial score (nSPS) is 17.4. The molecule has 2 atom stereocenters. The van der Waals surface area contributed by atoms with Gasteiger partial charge in [0.2, 0.25) is 3.79 Å². The molecule has 0 aromatic carbocycles. The van der Waals surface area contributed by atoms with E-state index in [4.69, 9.17) is 97.5 Å². The minimum absolute atomic E-state index is 0.267. The highest BCUT2D eigenvalue weighted by Gasteiger charge is 2.65. The first-order valence-corrected chi connectivity index (χ1v) is 9.16. The standard InChI is InChI=1S/C4Cl5F5O.C4H5Cl5O/c5-1(6,7)3(9,12)15-4(13,14)2(8,10)11;5-1-2-10-3(6)4(7,8)9/h;3H,1-2H2. The fraction of sp³-hybridized carbons (Fsp3) is 1.00. The summed E-state index contributed by atoms with van der Waals surface area (Å²) in [7, 11) is 0. The summed E-state index contributed by atoms with van der Waals surface area (Å²) in [6, 6.07) is 0. The molecule has 0 radical (unpaired) electrons. The molecule has 0 bridgehead atoms. The number of ether oxygens (including phenoxy) is 2. The summed E-state index contributed by atoms with van der Waals surface area (Å²) in [5.74, 6) is 0.323. The average molecular weight is 583 g/mol. The molecule has 0 aliphatic heterocycles. The first-order valence-electron chi connectivity index (χ1n) is 5.16. The summed E-state index contributed by atoms with van der Waals surface area (Å²) in [4.78, 5) is 0. The van der Waals surface area contributed by atoms with Gasteiger partial charge in [0.25, 0.3) is 3.79 Å². The maximum atomic E-state index is 12.9. The molecule has 2 nitrogen and oxygen atoms in total. The molecule has 0 amide bonds. The number of hydrogen-bond acceptors (Lipinski definition) is 2. The van der Waals surface area contributed by atoms with Gasteiger partial charge in [-0.2, -0.15) is 22.0 Å². The molecule has 154 valence electrons. The maximum absolute atomic E-state index is 12.9. The van der Waals surface area contributed by atoms with Gasteiger partial charge in [0.15, 0.2) is 5.56 Å². The fourth-order valence-corrected chi connectivity index (χ4v) is 1.14. The Hall–Kier alpha value is 2.47. The summed E-state index contributed by atoms with van der Waals surface area (Å²) in [6.07, 6.45) is -5.45. The van der Waals surface area contributed by atoms with Gasteiger partial charge in [-0.15, -0.1) is 11.6 Å². The van der Waals surface area contributed by atoms with Crippen LogP contribution in [0.5, 0.6) is 0 Å². The van der Waals surface area contributed by atoms with Crippen LogP contribution in [0, 0.1) is 0 Å². The molecule has 0 fully saturated rings. The lowest BCUT2D eigenvalue weighted by Gasteiger charge is -2.30. The van der Waals surface area contributed by atoms with Crippen molar-refractivity contribution in [1.82, 2.24) is 0 Å². The van der Waals surface area contributed by atoms with E-state index < -0.39 is 30.0 Å². The second-order valence-electron chi connectivity index (χ2n) is 3.55. The molecule has 0 heterocycles. The molecular formula is C8H5Cl10F5O2. The Labute approximate surface area is 188 Å². The lowest BCUT2D eigenvalue weighted by atomic mass is 10.6. The summed E-state index contributed by atoms with van der Waals surface area (Å²) >= 11 is 49.5. The Morgan fingerprint density at radius 2 is 1.20 bits per heavy atom. The molecular weight excluding hydrogens is 578 g/mol. The van der Waals surface area contributed by atoms with Crippen molar-refractivity contribution in [2.45, 2.75) is 30.0 Å². The van der Waals surface area contributed by atoms with E-state index in [1.807, 2.05) is 0 Å². The molecule has 0 N–H and O–H groups in total. The molecule has 0 aromatic heterocycles. The van der Waals surface area contributed by atoms with E-state index in [-0.39, 0.29) is 6.61 Å². The summed E-state index contributed by atoms with van der Waals surface area (Å²) in [6.45, 7) is 0.267. The van der Waals surface area contributed by atoms with Crippen LogP contribution >= 0.6 is 116 Å². The lowest BCUT2D eigenvalue weighted by molar-refractivity contribution is -0.361. The maximum Gasteiger partial charge on any atom is 0.438 e. The zero-order valence-corrected chi connectivity index (χ0v) is 18.5. The van der Waals surface area contributed by atoms with Crippen molar-refractivity contribution in [2.75, 3.05) is 12.5 Å². The third-order valence-electron chi connectivity index (χ3n) is 1.52. The van der Waals surface area contributed by atoms with Crippen molar-refractivity contribution < 1.29 is 31.4 Å². The second-order valence-corrected chi connectivity index (χ2v) is 9.93. The number of alkyl halides is 15.